The molecule has 0 saturated heterocycles. The van der Waals surface area contributed by atoms with Crippen LogP contribution in [0.4, 0.5) is 5.69 Å². The molecule has 1 atom stereocenters. The maximum Gasteiger partial charge on any atom is 0.271 e. The molecule has 0 unspecified atom stereocenters. The highest BCUT2D eigenvalue weighted by molar-refractivity contribution is 8.00. The van der Waals surface area contributed by atoms with E-state index in [0.29, 0.717) is 27.2 Å². The van der Waals surface area contributed by atoms with Crippen molar-refractivity contribution in [3.05, 3.63) is 75.0 Å². The largest absolute Gasteiger partial charge is 0.495 e. The molecule has 1 heterocycles. The van der Waals surface area contributed by atoms with Gasteiger partial charge in [-0.15, -0.1) is 0 Å². The summed E-state index contributed by atoms with van der Waals surface area (Å²) in [6.07, 6.45) is 0. The highest BCUT2D eigenvalue weighted by Crippen LogP contribution is 2.29. The molecule has 0 aliphatic rings. The fraction of sp³-hybridized carbons (Fsp3) is 0.227. The van der Waals surface area contributed by atoms with Gasteiger partial charge in [0.15, 0.2) is 0 Å². The van der Waals surface area contributed by atoms with Crippen LogP contribution >= 0.6 is 23.4 Å². The van der Waals surface area contributed by atoms with Crippen molar-refractivity contribution in [3.63, 3.8) is 0 Å². The molecule has 3 aromatic rings. The highest BCUT2D eigenvalue weighted by Gasteiger charge is 2.18. The van der Waals surface area contributed by atoms with Crippen molar-refractivity contribution in [1.29, 1.82) is 0 Å². The molecular weight excluding hydrogens is 422 g/mol. The van der Waals surface area contributed by atoms with E-state index in [-0.39, 0.29) is 11.5 Å². The van der Waals surface area contributed by atoms with Crippen molar-refractivity contribution in [3.8, 4) is 11.4 Å². The normalized spacial score (nSPS) is 11.8. The molecule has 0 radical (unpaired) electrons. The van der Waals surface area contributed by atoms with Gasteiger partial charge in [-0.3, -0.25) is 9.59 Å². The summed E-state index contributed by atoms with van der Waals surface area (Å²) in [4.78, 5) is 25.0. The lowest BCUT2D eigenvalue weighted by molar-refractivity contribution is -0.115. The molecule has 0 aliphatic carbocycles. The summed E-state index contributed by atoms with van der Waals surface area (Å²) in [5, 5.41) is 7.85. The third-order valence-electron chi connectivity index (χ3n) is 4.60. The van der Waals surface area contributed by atoms with Gasteiger partial charge in [0.2, 0.25) is 5.91 Å². The van der Waals surface area contributed by atoms with Crippen molar-refractivity contribution in [1.82, 2.24) is 9.78 Å². The molecule has 3 rings (SSSR count). The number of aryl methyl sites for hydroxylation is 2. The number of nitrogens with one attached hydrogen (secondary N) is 1. The van der Waals surface area contributed by atoms with E-state index >= 15 is 0 Å². The van der Waals surface area contributed by atoms with E-state index in [1.807, 2.05) is 32.0 Å². The van der Waals surface area contributed by atoms with Crippen LogP contribution in [0.1, 0.15) is 18.1 Å². The molecule has 0 bridgehead atoms. The number of rotatable bonds is 6. The van der Waals surface area contributed by atoms with Crippen LogP contribution in [0.2, 0.25) is 5.02 Å². The molecule has 156 valence electrons. The maximum absolute atomic E-state index is 12.7. The number of halogens is 1. The van der Waals surface area contributed by atoms with E-state index in [1.165, 1.54) is 29.6 Å². The second-order valence-electron chi connectivity index (χ2n) is 6.78. The van der Waals surface area contributed by atoms with Crippen molar-refractivity contribution < 1.29 is 9.53 Å². The van der Waals surface area contributed by atoms with Crippen LogP contribution in [-0.2, 0) is 4.79 Å². The number of benzene rings is 2. The van der Waals surface area contributed by atoms with Gasteiger partial charge in [0.05, 0.1) is 23.7 Å². The van der Waals surface area contributed by atoms with E-state index in [4.69, 9.17) is 16.3 Å². The predicted molar refractivity (Wildman–Crippen MR) is 121 cm³/mol. The SMILES string of the molecule is COc1ccc(Cl)cc1NC(=O)[C@H](C)Sc1ccc(=O)n(-c2ccc(C)c(C)c2)n1. The zero-order chi connectivity index (χ0) is 21.8. The molecule has 0 spiro atoms. The van der Waals surface area contributed by atoms with Gasteiger partial charge in [-0.05, 0) is 68.3 Å². The highest BCUT2D eigenvalue weighted by atomic mass is 35.5. The topological polar surface area (TPSA) is 73.2 Å². The average molecular weight is 444 g/mol. The zero-order valence-corrected chi connectivity index (χ0v) is 18.7. The van der Waals surface area contributed by atoms with E-state index in [0.717, 1.165) is 11.1 Å². The molecule has 1 amide bonds. The van der Waals surface area contributed by atoms with Gasteiger partial charge in [0.25, 0.3) is 5.56 Å². The Labute approximate surface area is 184 Å². The summed E-state index contributed by atoms with van der Waals surface area (Å²) >= 11 is 7.28. The average Bonchev–Trinajstić information content (AvgIpc) is 2.71. The number of ether oxygens (including phenoxy) is 1. The fourth-order valence-electron chi connectivity index (χ4n) is 2.75. The fourth-order valence-corrected chi connectivity index (χ4v) is 3.72. The third kappa shape index (κ3) is 5.04. The Hall–Kier alpha value is -2.77. The lowest BCUT2D eigenvalue weighted by Gasteiger charge is -2.15. The summed E-state index contributed by atoms with van der Waals surface area (Å²) in [6, 6.07) is 13.8. The summed E-state index contributed by atoms with van der Waals surface area (Å²) in [7, 11) is 1.52. The first-order valence-corrected chi connectivity index (χ1v) is 10.5. The number of carbonyl (C=O) groups excluding carboxylic acids is 1. The molecule has 8 heteroatoms. The Bertz CT molecular complexity index is 1150. The second-order valence-corrected chi connectivity index (χ2v) is 8.58. The first-order chi connectivity index (χ1) is 14.3. The number of thioether (sulfide) groups is 1. The predicted octanol–water partition coefficient (Wildman–Crippen LogP) is 4.63. The van der Waals surface area contributed by atoms with Crippen LogP contribution < -0.4 is 15.6 Å². The number of nitrogens with zero attached hydrogens (tertiary/aromatic N) is 2. The molecule has 1 N–H and O–H groups in total. The van der Waals surface area contributed by atoms with Crippen molar-refractivity contribution >= 4 is 35.0 Å². The molecule has 30 heavy (non-hydrogen) atoms. The Kier molecular flexibility index (Phi) is 6.84. The van der Waals surface area contributed by atoms with E-state index in [9.17, 15) is 9.59 Å². The first-order valence-electron chi connectivity index (χ1n) is 9.27. The van der Waals surface area contributed by atoms with Gasteiger partial charge in [-0.2, -0.15) is 9.78 Å². The Morgan fingerprint density at radius 2 is 1.90 bits per heavy atom. The smallest absolute Gasteiger partial charge is 0.271 e. The van der Waals surface area contributed by atoms with E-state index < -0.39 is 5.25 Å². The second kappa shape index (κ2) is 9.36. The van der Waals surface area contributed by atoms with Crippen LogP contribution in [0, 0.1) is 13.8 Å². The van der Waals surface area contributed by atoms with E-state index in [2.05, 4.69) is 10.4 Å². The van der Waals surface area contributed by atoms with Crippen LogP contribution in [0.15, 0.2) is 58.4 Å². The number of hydrogen-bond donors (Lipinski definition) is 1. The maximum atomic E-state index is 12.7. The van der Waals surface area contributed by atoms with Gasteiger partial charge >= 0.3 is 0 Å². The molecule has 0 saturated carbocycles. The van der Waals surface area contributed by atoms with Gasteiger partial charge in [0, 0.05) is 11.1 Å². The number of carbonyl (C=O) groups is 1. The number of amides is 1. The minimum absolute atomic E-state index is 0.230. The zero-order valence-electron chi connectivity index (χ0n) is 17.1. The van der Waals surface area contributed by atoms with Gasteiger partial charge in [-0.25, -0.2) is 0 Å². The lowest BCUT2D eigenvalue weighted by Crippen LogP contribution is -2.24. The Morgan fingerprint density at radius 1 is 1.13 bits per heavy atom. The number of hydrogen-bond acceptors (Lipinski definition) is 5. The summed E-state index contributed by atoms with van der Waals surface area (Å²) < 4.78 is 6.61. The van der Waals surface area contributed by atoms with Crippen LogP contribution in [-0.4, -0.2) is 28.0 Å². The summed E-state index contributed by atoms with van der Waals surface area (Å²) in [5.41, 5.74) is 3.16. The van der Waals surface area contributed by atoms with Crippen LogP contribution in [0.3, 0.4) is 0 Å². The van der Waals surface area contributed by atoms with Crippen LogP contribution in [0.25, 0.3) is 5.69 Å². The van der Waals surface area contributed by atoms with Gasteiger partial charge in [0.1, 0.15) is 10.8 Å². The Balaban J connectivity index is 1.79. The summed E-state index contributed by atoms with van der Waals surface area (Å²) in [6.45, 7) is 5.76. The number of anilines is 1. The molecule has 0 aliphatic heterocycles. The van der Waals surface area contributed by atoms with Crippen molar-refractivity contribution in [2.45, 2.75) is 31.0 Å². The molecule has 6 nitrogen and oxygen atoms in total. The van der Waals surface area contributed by atoms with Crippen molar-refractivity contribution in [2.75, 3.05) is 12.4 Å². The minimum Gasteiger partial charge on any atom is -0.495 e. The summed E-state index contributed by atoms with van der Waals surface area (Å²) in [5.74, 6) is 0.290. The van der Waals surface area contributed by atoms with Gasteiger partial charge < -0.3 is 10.1 Å². The number of aromatic nitrogens is 2. The van der Waals surface area contributed by atoms with Crippen molar-refractivity contribution in [2.24, 2.45) is 0 Å². The molecule has 2 aromatic carbocycles. The number of methoxy groups -OCH3 is 1. The Morgan fingerprint density at radius 3 is 2.60 bits per heavy atom. The monoisotopic (exact) mass is 443 g/mol. The first kappa shape index (κ1) is 21.9. The molecule has 0 fully saturated rings. The van der Waals surface area contributed by atoms with E-state index in [1.54, 1.807) is 31.2 Å². The quantitative estimate of drug-likeness (QED) is 0.562. The van der Waals surface area contributed by atoms with Gasteiger partial charge in [-0.1, -0.05) is 29.4 Å². The van der Waals surface area contributed by atoms with Crippen LogP contribution in [0.5, 0.6) is 5.75 Å². The molecular formula is C22H22ClN3O3S. The lowest BCUT2D eigenvalue weighted by atomic mass is 10.1. The minimum atomic E-state index is -0.466. The third-order valence-corrected chi connectivity index (χ3v) is 5.86. The molecule has 1 aromatic heterocycles. The standard InChI is InChI=1S/C22H22ClN3O3S/c1-13-5-7-17(11-14(13)2)26-21(27)10-9-20(25-26)30-15(3)22(28)24-18-12-16(23)6-8-19(18)29-4/h5-12,15H,1-4H3,(H,24,28)/t15-/m0/s1.